The van der Waals surface area contributed by atoms with Crippen LogP contribution in [0, 0.1) is 0 Å². The lowest BCUT2D eigenvalue weighted by Gasteiger charge is -2.13. The number of hydrogen-bond donors (Lipinski definition) is 1. The molecular weight excluding hydrogens is 282 g/mol. The van der Waals surface area contributed by atoms with Crippen molar-refractivity contribution < 1.29 is 9.47 Å². The molecule has 2 aromatic rings. The molecule has 21 heavy (non-hydrogen) atoms. The minimum Gasteiger partial charge on any atom is -0.379 e. The third-order valence-corrected chi connectivity index (χ3v) is 4.60. The Bertz CT molecular complexity index is 553. The molecule has 0 bridgehead atoms. The molecule has 0 saturated carbocycles. The second-order valence-electron chi connectivity index (χ2n) is 5.06. The van der Waals surface area contributed by atoms with Gasteiger partial charge in [0.1, 0.15) is 0 Å². The number of nitrogens with one attached hydrogen (secondary N) is 1. The van der Waals surface area contributed by atoms with Crippen molar-refractivity contribution in [3.05, 3.63) is 34.7 Å². The summed E-state index contributed by atoms with van der Waals surface area (Å²) in [4.78, 5) is 1.38. The van der Waals surface area contributed by atoms with Crippen molar-refractivity contribution in [2.24, 2.45) is 0 Å². The van der Waals surface area contributed by atoms with Crippen molar-refractivity contribution >= 4 is 21.4 Å². The van der Waals surface area contributed by atoms with Gasteiger partial charge in [-0.05, 0) is 31.8 Å². The zero-order valence-electron chi connectivity index (χ0n) is 13.1. The Morgan fingerprint density at radius 2 is 2.05 bits per heavy atom. The fourth-order valence-corrected chi connectivity index (χ4v) is 3.43. The Morgan fingerprint density at radius 3 is 2.81 bits per heavy atom. The lowest BCUT2D eigenvalue weighted by atomic mass is 10.1. The van der Waals surface area contributed by atoms with E-state index in [9.17, 15) is 0 Å². The van der Waals surface area contributed by atoms with Crippen LogP contribution in [0.3, 0.4) is 0 Å². The zero-order chi connectivity index (χ0) is 15.1. The van der Waals surface area contributed by atoms with Gasteiger partial charge in [-0.1, -0.05) is 25.1 Å². The van der Waals surface area contributed by atoms with E-state index in [0.717, 1.165) is 19.7 Å². The zero-order valence-corrected chi connectivity index (χ0v) is 14.0. The molecule has 0 fully saturated rings. The van der Waals surface area contributed by atoms with Crippen LogP contribution in [0.25, 0.3) is 10.1 Å². The maximum atomic E-state index is 5.97. The van der Waals surface area contributed by atoms with Gasteiger partial charge >= 0.3 is 0 Å². The number of ether oxygens (including phenoxy) is 2. The summed E-state index contributed by atoms with van der Waals surface area (Å²) in [6, 6.07) is 8.56. The van der Waals surface area contributed by atoms with Crippen LogP contribution in [0.15, 0.2) is 24.3 Å². The molecule has 116 valence electrons. The normalized spacial score (nSPS) is 12.9. The molecule has 1 aromatic heterocycles. The molecular formula is C17H25NO2S. The Labute approximate surface area is 131 Å². The maximum Gasteiger partial charge on any atom is 0.0785 e. The second-order valence-corrected chi connectivity index (χ2v) is 6.20. The topological polar surface area (TPSA) is 30.5 Å². The molecule has 0 amide bonds. The fourth-order valence-electron chi connectivity index (χ4n) is 2.25. The van der Waals surface area contributed by atoms with Crippen LogP contribution in [0.1, 0.15) is 31.2 Å². The summed E-state index contributed by atoms with van der Waals surface area (Å²) in [5.41, 5.74) is 1.32. The molecule has 0 radical (unpaired) electrons. The molecule has 4 heteroatoms. The highest BCUT2D eigenvalue weighted by Crippen LogP contribution is 2.32. The molecule has 0 aliphatic carbocycles. The van der Waals surface area contributed by atoms with Crippen LogP contribution in [0.5, 0.6) is 0 Å². The third kappa shape index (κ3) is 4.51. The summed E-state index contributed by atoms with van der Waals surface area (Å²) in [5.74, 6) is 0. The van der Waals surface area contributed by atoms with Crippen LogP contribution >= 0.6 is 11.3 Å². The van der Waals surface area contributed by atoms with Gasteiger partial charge in [0.15, 0.2) is 0 Å². The van der Waals surface area contributed by atoms with Crippen LogP contribution in [0.4, 0.5) is 0 Å². The van der Waals surface area contributed by atoms with E-state index in [2.05, 4.69) is 43.4 Å². The summed E-state index contributed by atoms with van der Waals surface area (Å²) in [6.07, 6.45) is 0.121. The highest BCUT2D eigenvalue weighted by molar-refractivity contribution is 7.19. The molecule has 1 atom stereocenters. The number of hydrogen-bond acceptors (Lipinski definition) is 4. The molecule has 1 aromatic carbocycles. The molecule has 1 unspecified atom stereocenters. The first-order valence-electron chi connectivity index (χ1n) is 7.65. The van der Waals surface area contributed by atoms with Gasteiger partial charge in [-0.3, -0.25) is 0 Å². The van der Waals surface area contributed by atoms with Crippen LogP contribution in [0.2, 0.25) is 0 Å². The van der Waals surface area contributed by atoms with E-state index in [1.807, 2.05) is 18.3 Å². The fraction of sp³-hybridized carbons (Fsp3) is 0.529. The Hall–Kier alpha value is -0.940. The van der Waals surface area contributed by atoms with E-state index in [0.29, 0.717) is 13.2 Å². The standard InChI is InChI=1S/C17H25NO2S/c1-4-18-10-17-15(12-20-13(3)11-19-5-2)14-8-6-7-9-16(14)21-17/h6-9,13,18H,4-5,10-12H2,1-3H3. The first-order valence-corrected chi connectivity index (χ1v) is 8.47. The van der Waals surface area contributed by atoms with Crippen molar-refractivity contribution in [3.8, 4) is 0 Å². The van der Waals surface area contributed by atoms with Crippen molar-refractivity contribution in [1.82, 2.24) is 5.32 Å². The number of rotatable bonds is 9. The maximum absolute atomic E-state index is 5.97. The lowest BCUT2D eigenvalue weighted by Crippen LogP contribution is -2.17. The summed E-state index contributed by atoms with van der Waals surface area (Å²) in [7, 11) is 0. The van der Waals surface area contributed by atoms with Crippen molar-refractivity contribution in [3.63, 3.8) is 0 Å². The van der Waals surface area contributed by atoms with Gasteiger partial charge in [0.25, 0.3) is 0 Å². The summed E-state index contributed by atoms with van der Waals surface area (Å²) >= 11 is 1.86. The number of fused-ring (bicyclic) bond motifs is 1. The molecule has 0 aliphatic rings. The second kappa shape index (κ2) is 8.49. The summed E-state index contributed by atoms with van der Waals surface area (Å²) < 4.78 is 12.7. The number of benzene rings is 1. The molecule has 0 aliphatic heterocycles. The quantitative estimate of drug-likeness (QED) is 0.761. The monoisotopic (exact) mass is 307 g/mol. The minimum atomic E-state index is 0.121. The molecule has 0 saturated heterocycles. The lowest BCUT2D eigenvalue weighted by molar-refractivity contribution is -0.0114. The Morgan fingerprint density at radius 1 is 1.24 bits per heavy atom. The Kier molecular flexibility index (Phi) is 6.64. The van der Waals surface area contributed by atoms with E-state index in [4.69, 9.17) is 9.47 Å². The highest BCUT2D eigenvalue weighted by Gasteiger charge is 2.13. The molecule has 3 nitrogen and oxygen atoms in total. The Balaban J connectivity index is 2.11. The molecule has 1 heterocycles. The largest absolute Gasteiger partial charge is 0.379 e. The van der Waals surface area contributed by atoms with Gasteiger partial charge in [-0.15, -0.1) is 11.3 Å². The van der Waals surface area contributed by atoms with Gasteiger partial charge in [-0.25, -0.2) is 0 Å². The van der Waals surface area contributed by atoms with Crippen molar-refractivity contribution in [2.75, 3.05) is 19.8 Å². The van der Waals surface area contributed by atoms with Crippen LogP contribution in [-0.4, -0.2) is 25.9 Å². The van der Waals surface area contributed by atoms with Crippen molar-refractivity contribution in [2.45, 2.75) is 40.0 Å². The first-order chi connectivity index (χ1) is 10.3. The van der Waals surface area contributed by atoms with E-state index in [1.54, 1.807) is 0 Å². The van der Waals surface area contributed by atoms with Gasteiger partial charge in [-0.2, -0.15) is 0 Å². The van der Waals surface area contributed by atoms with Crippen LogP contribution in [-0.2, 0) is 22.6 Å². The van der Waals surface area contributed by atoms with Gasteiger partial charge in [0.2, 0.25) is 0 Å². The first kappa shape index (κ1) is 16.4. The van der Waals surface area contributed by atoms with Gasteiger partial charge < -0.3 is 14.8 Å². The van der Waals surface area contributed by atoms with Crippen LogP contribution < -0.4 is 5.32 Å². The highest BCUT2D eigenvalue weighted by atomic mass is 32.1. The molecule has 0 spiro atoms. The SMILES string of the molecule is CCNCc1sc2ccccc2c1COC(C)COCC. The van der Waals surface area contributed by atoms with E-state index < -0.39 is 0 Å². The average Bonchev–Trinajstić information content (AvgIpc) is 2.86. The van der Waals surface area contributed by atoms with E-state index in [-0.39, 0.29) is 6.10 Å². The third-order valence-electron chi connectivity index (χ3n) is 3.39. The predicted molar refractivity (Wildman–Crippen MR) is 89.9 cm³/mol. The molecule has 2 rings (SSSR count). The molecule has 1 N–H and O–H groups in total. The van der Waals surface area contributed by atoms with E-state index in [1.165, 1.54) is 20.5 Å². The number of thiophene rings is 1. The van der Waals surface area contributed by atoms with Gasteiger partial charge in [0.05, 0.1) is 19.3 Å². The smallest absolute Gasteiger partial charge is 0.0785 e. The van der Waals surface area contributed by atoms with E-state index >= 15 is 0 Å². The van der Waals surface area contributed by atoms with Gasteiger partial charge in [0, 0.05) is 28.3 Å². The summed E-state index contributed by atoms with van der Waals surface area (Å²) in [6.45, 7) is 10.1. The average molecular weight is 307 g/mol. The minimum absolute atomic E-state index is 0.121. The predicted octanol–water partition coefficient (Wildman–Crippen LogP) is 3.95. The van der Waals surface area contributed by atoms with Crippen molar-refractivity contribution in [1.29, 1.82) is 0 Å². The summed E-state index contributed by atoms with van der Waals surface area (Å²) in [5, 5.41) is 4.74.